The summed E-state index contributed by atoms with van der Waals surface area (Å²) in [5.74, 6) is 1.62. The van der Waals surface area contributed by atoms with Crippen molar-refractivity contribution in [2.24, 2.45) is 0 Å². The summed E-state index contributed by atoms with van der Waals surface area (Å²) >= 11 is 9.47. The van der Waals surface area contributed by atoms with Gasteiger partial charge < -0.3 is 4.74 Å². The molecule has 5 nitrogen and oxygen atoms in total. The number of thioether (sulfide) groups is 1. The lowest BCUT2D eigenvalue weighted by atomic mass is 10.2. The van der Waals surface area contributed by atoms with E-state index in [2.05, 4.69) is 31.2 Å². The van der Waals surface area contributed by atoms with Crippen molar-refractivity contribution in [1.29, 1.82) is 0 Å². The zero-order valence-corrected chi connectivity index (χ0v) is 15.9. The van der Waals surface area contributed by atoms with Gasteiger partial charge in [-0.05, 0) is 35.9 Å². The lowest BCUT2D eigenvalue weighted by molar-refractivity contribution is 0.0953. The standard InChI is InChI=1S/C17H17ClN4OS2/c18-15-12(4-1-7-19-15)11-25-17-21-20-16(14-6-3-9-24-14)22(17)10-13-5-2-8-23-13/h1,3-4,6-7,9,13H,2,5,8,10-11H2. The molecule has 8 heteroatoms. The first kappa shape index (κ1) is 17.0. The Bertz CT molecular complexity index is 831. The van der Waals surface area contributed by atoms with Crippen LogP contribution in [0, 0.1) is 0 Å². The fourth-order valence-electron chi connectivity index (χ4n) is 2.81. The van der Waals surface area contributed by atoms with Gasteiger partial charge in [-0.25, -0.2) is 4.98 Å². The van der Waals surface area contributed by atoms with Crippen molar-refractivity contribution in [2.45, 2.75) is 36.4 Å². The molecule has 1 fully saturated rings. The van der Waals surface area contributed by atoms with Gasteiger partial charge in [-0.1, -0.05) is 35.5 Å². The maximum Gasteiger partial charge on any atom is 0.191 e. The minimum absolute atomic E-state index is 0.232. The fraction of sp³-hybridized carbons (Fsp3) is 0.353. The van der Waals surface area contributed by atoms with E-state index < -0.39 is 0 Å². The Balaban J connectivity index is 1.59. The second kappa shape index (κ2) is 7.86. The molecule has 0 amide bonds. The first-order valence-electron chi connectivity index (χ1n) is 8.12. The topological polar surface area (TPSA) is 52.8 Å². The van der Waals surface area contributed by atoms with E-state index in [1.165, 1.54) is 0 Å². The van der Waals surface area contributed by atoms with Crippen LogP contribution in [0.3, 0.4) is 0 Å². The van der Waals surface area contributed by atoms with Gasteiger partial charge in [0.05, 0.1) is 17.5 Å². The van der Waals surface area contributed by atoms with Crippen molar-refractivity contribution in [1.82, 2.24) is 19.7 Å². The van der Waals surface area contributed by atoms with Crippen molar-refractivity contribution < 1.29 is 4.74 Å². The zero-order chi connectivity index (χ0) is 17.1. The van der Waals surface area contributed by atoms with Crippen LogP contribution < -0.4 is 0 Å². The van der Waals surface area contributed by atoms with E-state index in [0.717, 1.165) is 47.4 Å². The highest BCUT2D eigenvalue weighted by molar-refractivity contribution is 7.98. The molecule has 1 unspecified atom stereocenters. The number of nitrogens with zero attached hydrogens (tertiary/aromatic N) is 4. The van der Waals surface area contributed by atoms with Crippen molar-refractivity contribution in [2.75, 3.05) is 6.61 Å². The first-order valence-corrected chi connectivity index (χ1v) is 10.4. The Morgan fingerprint density at radius 3 is 3.04 bits per heavy atom. The molecule has 1 saturated heterocycles. The first-order chi connectivity index (χ1) is 12.3. The van der Waals surface area contributed by atoms with Gasteiger partial charge >= 0.3 is 0 Å². The van der Waals surface area contributed by atoms with Crippen LogP contribution in [0.1, 0.15) is 18.4 Å². The fourth-order valence-corrected chi connectivity index (χ4v) is 4.73. The third-order valence-electron chi connectivity index (χ3n) is 4.06. The molecule has 4 rings (SSSR count). The van der Waals surface area contributed by atoms with Crippen LogP contribution in [-0.2, 0) is 17.0 Å². The molecule has 0 spiro atoms. The Labute approximate surface area is 159 Å². The van der Waals surface area contributed by atoms with E-state index in [9.17, 15) is 0 Å². The highest BCUT2D eigenvalue weighted by Crippen LogP contribution is 2.31. The van der Waals surface area contributed by atoms with Crippen molar-refractivity contribution in [3.63, 3.8) is 0 Å². The summed E-state index contributed by atoms with van der Waals surface area (Å²) in [6.07, 6.45) is 4.14. The minimum Gasteiger partial charge on any atom is -0.376 e. The van der Waals surface area contributed by atoms with Gasteiger partial charge in [0.1, 0.15) is 5.15 Å². The number of pyridine rings is 1. The van der Waals surface area contributed by atoms with E-state index in [1.807, 2.05) is 18.2 Å². The number of halogens is 1. The second-order valence-electron chi connectivity index (χ2n) is 5.77. The third-order valence-corrected chi connectivity index (χ3v) is 6.28. The SMILES string of the molecule is Clc1ncccc1CSc1nnc(-c2cccs2)n1CC1CCCO1. The molecule has 0 N–H and O–H groups in total. The molecule has 130 valence electrons. The van der Waals surface area contributed by atoms with E-state index in [1.54, 1.807) is 29.3 Å². The molecule has 1 aliphatic heterocycles. The molecule has 1 atom stereocenters. The van der Waals surface area contributed by atoms with Crippen LogP contribution in [0.25, 0.3) is 10.7 Å². The lowest BCUT2D eigenvalue weighted by Gasteiger charge is -2.14. The van der Waals surface area contributed by atoms with Crippen LogP contribution in [0.2, 0.25) is 5.15 Å². The summed E-state index contributed by atoms with van der Waals surface area (Å²) in [4.78, 5) is 5.26. The molecule has 0 aromatic carbocycles. The van der Waals surface area contributed by atoms with Crippen LogP contribution in [0.15, 0.2) is 41.0 Å². The summed E-state index contributed by atoms with van der Waals surface area (Å²) < 4.78 is 8.00. The summed E-state index contributed by atoms with van der Waals surface area (Å²) in [5.41, 5.74) is 0.999. The maximum atomic E-state index is 6.17. The van der Waals surface area contributed by atoms with E-state index in [4.69, 9.17) is 16.3 Å². The van der Waals surface area contributed by atoms with Crippen LogP contribution >= 0.6 is 34.7 Å². The third kappa shape index (κ3) is 3.89. The van der Waals surface area contributed by atoms with E-state index in [0.29, 0.717) is 10.9 Å². The number of rotatable bonds is 6. The highest BCUT2D eigenvalue weighted by atomic mass is 35.5. The van der Waals surface area contributed by atoms with Crippen molar-refractivity contribution in [3.8, 4) is 10.7 Å². The number of ether oxygens (including phenoxy) is 1. The largest absolute Gasteiger partial charge is 0.376 e. The van der Waals surface area contributed by atoms with Gasteiger partial charge in [-0.15, -0.1) is 21.5 Å². The van der Waals surface area contributed by atoms with Gasteiger partial charge in [-0.3, -0.25) is 4.57 Å². The Kier molecular flexibility index (Phi) is 5.36. The number of hydrogen-bond donors (Lipinski definition) is 0. The van der Waals surface area contributed by atoms with E-state index >= 15 is 0 Å². The summed E-state index contributed by atoms with van der Waals surface area (Å²) in [7, 11) is 0. The average Bonchev–Trinajstić information content (AvgIpc) is 3.37. The summed E-state index contributed by atoms with van der Waals surface area (Å²) in [6, 6.07) is 8.00. The zero-order valence-electron chi connectivity index (χ0n) is 13.5. The molecular formula is C17H17ClN4OS2. The molecular weight excluding hydrogens is 376 g/mol. The monoisotopic (exact) mass is 392 g/mol. The van der Waals surface area contributed by atoms with Gasteiger partial charge in [0.15, 0.2) is 11.0 Å². The molecule has 3 aromatic rings. The predicted octanol–water partition coefficient (Wildman–Crippen LogP) is 4.53. The number of hydrogen-bond acceptors (Lipinski definition) is 6. The maximum absolute atomic E-state index is 6.17. The quantitative estimate of drug-likeness (QED) is 0.455. The van der Waals surface area contributed by atoms with E-state index in [-0.39, 0.29) is 6.10 Å². The van der Waals surface area contributed by atoms with Crippen LogP contribution in [0.5, 0.6) is 0 Å². The molecule has 3 aromatic heterocycles. The predicted molar refractivity (Wildman–Crippen MR) is 101 cm³/mol. The van der Waals surface area contributed by atoms with Gasteiger partial charge in [0.2, 0.25) is 0 Å². The second-order valence-corrected chi connectivity index (χ2v) is 8.02. The molecule has 4 heterocycles. The van der Waals surface area contributed by atoms with Crippen molar-refractivity contribution >= 4 is 34.7 Å². The lowest BCUT2D eigenvalue weighted by Crippen LogP contribution is -2.16. The molecule has 1 aliphatic rings. The molecule has 0 saturated carbocycles. The minimum atomic E-state index is 0.232. The molecule has 0 radical (unpaired) electrons. The Morgan fingerprint density at radius 1 is 1.32 bits per heavy atom. The number of aromatic nitrogens is 4. The smallest absolute Gasteiger partial charge is 0.191 e. The van der Waals surface area contributed by atoms with Crippen molar-refractivity contribution in [3.05, 3.63) is 46.6 Å². The summed E-state index contributed by atoms with van der Waals surface area (Å²) in [5, 5.41) is 12.3. The van der Waals surface area contributed by atoms with Crippen LogP contribution in [0.4, 0.5) is 0 Å². The molecule has 0 aliphatic carbocycles. The highest BCUT2D eigenvalue weighted by Gasteiger charge is 2.22. The number of thiophene rings is 1. The molecule has 25 heavy (non-hydrogen) atoms. The van der Waals surface area contributed by atoms with Gasteiger partial charge in [0.25, 0.3) is 0 Å². The summed E-state index contributed by atoms with van der Waals surface area (Å²) in [6.45, 7) is 1.62. The average molecular weight is 393 g/mol. The van der Waals surface area contributed by atoms with Crippen LogP contribution in [-0.4, -0.2) is 32.5 Å². The Morgan fingerprint density at radius 2 is 2.28 bits per heavy atom. The molecule has 0 bridgehead atoms. The Hall–Kier alpha value is -1.41. The van der Waals surface area contributed by atoms with Gasteiger partial charge in [-0.2, -0.15) is 0 Å². The van der Waals surface area contributed by atoms with Gasteiger partial charge in [0, 0.05) is 18.6 Å². The normalized spacial score (nSPS) is 17.2.